The number of nitrogens with one attached hydrogen (secondary N) is 1. The summed E-state index contributed by atoms with van der Waals surface area (Å²) in [6.45, 7) is 3.08. The maximum absolute atomic E-state index is 11.1. The molecule has 1 aromatic rings. The average Bonchev–Trinajstić information content (AvgIpc) is 2.45. The van der Waals surface area contributed by atoms with Gasteiger partial charge in [-0.05, 0) is 36.8 Å². The standard InChI is InChI=1S/C15H22N2O3/c1-11-4-3-5-12(8-11)10-16-14-7-6-13(20-2)9-15(14)17(18)19/h6-7,9,11-12,16H,3-5,8,10H2,1-2H3. The Kier molecular flexibility index (Phi) is 4.82. The van der Waals surface area contributed by atoms with Gasteiger partial charge in [0.2, 0.25) is 0 Å². The molecule has 110 valence electrons. The van der Waals surface area contributed by atoms with Gasteiger partial charge in [0.1, 0.15) is 11.4 Å². The zero-order chi connectivity index (χ0) is 14.5. The summed E-state index contributed by atoms with van der Waals surface area (Å²) in [5.74, 6) is 1.88. The maximum atomic E-state index is 11.1. The minimum atomic E-state index is -0.367. The van der Waals surface area contributed by atoms with Crippen LogP contribution in [0.25, 0.3) is 0 Å². The Balaban J connectivity index is 2.03. The smallest absolute Gasteiger partial charge is 0.296 e. The van der Waals surface area contributed by atoms with Crippen LogP contribution in [-0.4, -0.2) is 18.6 Å². The molecule has 0 saturated heterocycles. The molecule has 1 aromatic carbocycles. The van der Waals surface area contributed by atoms with Gasteiger partial charge in [-0.2, -0.15) is 0 Å². The van der Waals surface area contributed by atoms with Crippen LogP contribution in [0, 0.1) is 22.0 Å². The van der Waals surface area contributed by atoms with Crippen molar-refractivity contribution in [3.8, 4) is 5.75 Å². The van der Waals surface area contributed by atoms with E-state index in [-0.39, 0.29) is 10.6 Å². The molecule has 2 unspecified atom stereocenters. The van der Waals surface area contributed by atoms with E-state index in [0.29, 0.717) is 17.4 Å². The van der Waals surface area contributed by atoms with Crippen LogP contribution in [0.15, 0.2) is 18.2 Å². The van der Waals surface area contributed by atoms with Gasteiger partial charge in [0.05, 0.1) is 18.1 Å². The van der Waals surface area contributed by atoms with Crippen molar-refractivity contribution >= 4 is 11.4 Å². The van der Waals surface area contributed by atoms with Crippen LogP contribution in [0.5, 0.6) is 5.75 Å². The molecule has 0 bridgehead atoms. The molecule has 1 N–H and O–H groups in total. The first-order valence-electron chi connectivity index (χ1n) is 7.16. The Morgan fingerprint density at radius 3 is 2.90 bits per heavy atom. The van der Waals surface area contributed by atoms with Crippen LogP contribution in [0.4, 0.5) is 11.4 Å². The summed E-state index contributed by atoms with van der Waals surface area (Å²) >= 11 is 0. The van der Waals surface area contributed by atoms with E-state index in [9.17, 15) is 10.1 Å². The van der Waals surface area contributed by atoms with Crippen molar-refractivity contribution in [3.05, 3.63) is 28.3 Å². The van der Waals surface area contributed by atoms with Crippen molar-refractivity contribution in [2.75, 3.05) is 19.0 Å². The molecule has 20 heavy (non-hydrogen) atoms. The second-order valence-corrected chi connectivity index (χ2v) is 5.66. The predicted molar refractivity (Wildman–Crippen MR) is 79.3 cm³/mol. The summed E-state index contributed by atoms with van der Waals surface area (Å²) in [7, 11) is 1.51. The lowest BCUT2D eigenvalue weighted by Gasteiger charge is -2.27. The molecule has 0 heterocycles. The lowest BCUT2D eigenvalue weighted by atomic mass is 9.82. The van der Waals surface area contributed by atoms with Crippen LogP contribution in [0.1, 0.15) is 32.6 Å². The Labute approximate surface area is 119 Å². The van der Waals surface area contributed by atoms with E-state index in [1.54, 1.807) is 12.1 Å². The molecule has 0 spiro atoms. The van der Waals surface area contributed by atoms with Gasteiger partial charge in [-0.15, -0.1) is 0 Å². The number of rotatable bonds is 5. The summed E-state index contributed by atoms with van der Waals surface area (Å²) in [4.78, 5) is 10.7. The predicted octanol–water partition coefficient (Wildman–Crippen LogP) is 3.84. The zero-order valence-electron chi connectivity index (χ0n) is 12.1. The minimum Gasteiger partial charge on any atom is -0.496 e. The number of hydrogen-bond donors (Lipinski definition) is 1. The van der Waals surface area contributed by atoms with Crippen LogP contribution in [0.3, 0.4) is 0 Å². The van der Waals surface area contributed by atoms with Gasteiger partial charge in [0.25, 0.3) is 5.69 Å². The van der Waals surface area contributed by atoms with E-state index in [1.807, 2.05) is 0 Å². The molecule has 1 aliphatic rings. The normalized spacial score (nSPS) is 22.3. The van der Waals surface area contributed by atoms with Gasteiger partial charge in [-0.3, -0.25) is 10.1 Å². The van der Waals surface area contributed by atoms with Gasteiger partial charge >= 0.3 is 0 Å². The van der Waals surface area contributed by atoms with E-state index in [4.69, 9.17) is 4.74 Å². The summed E-state index contributed by atoms with van der Waals surface area (Å²) in [5.41, 5.74) is 0.655. The van der Waals surface area contributed by atoms with Crippen LogP contribution in [-0.2, 0) is 0 Å². The first-order chi connectivity index (χ1) is 9.60. The van der Waals surface area contributed by atoms with E-state index >= 15 is 0 Å². The Bertz CT molecular complexity index is 476. The second-order valence-electron chi connectivity index (χ2n) is 5.66. The van der Waals surface area contributed by atoms with E-state index in [1.165, 1.54) is 38.9 Å². The first kappa shape index (κ1) is 14.6. The van der Waals surface area contributed by atoms with E-state index < -0.39 is 0 Å². The van der Waals surface area contributed by atoms with Gasteiger partial charge < -0.3 is 10.1 Å². The van der Waals surface area contributed by atoms with Crippen molar-refractivity contribution in [1.82, 2.24) is 0 Å². The number of nitro benzene ring substituents is 1. The van der Waals surface area contributed by atoms with Crippen molar-refractivity contribution in [3.63, 3.8) is 0 Å². The molecular weight excluding hydrogens is 256 g/mol. The highest BCUT2D eigenvalue weighted by Gasteiger charge is 2.20. The lowest BCUT2D eigenvalue weighted by molar-refractivity contribution is -0.384. The monoisotopic (exact) mass is 278 g/mol. The number of hydrogen-bond acceptors (Lipinski definition) is 4. The lowest BCUT2D eigenvalue weighted by Crippen LogP contribution is -2.21. The average molecular weight is 278 g/mol. The topological polar surface area (TPSA) is 64.4 Å². The summed E-state index contributed by atoms with van der Waals surface area (Å²) in [5, 5.41) is 14.3. The minimum absolute atomic E-state index is 0.0770. The largest absolute Gasteiger partial charge is 0.496 e. The van der Waals surface area contributed by atoms with Crippen molar-refractivity contribution in [2.45, 2.75) is 32.6 Å². The second kappa shape index (κ2) is 6.59. The SMILES string of the molecule is COc1ccc(NCC2CCCC(C)C2)c([N+](=O)[O-])c1. The summed E-state index contributed by atoms with van der Waals surface area (Å²) < 4.78 is 5.04. The highest BCUT2D eigenvalue weighted by atomic mass is 16.6. The van der Waals surface area contributed by atoms with Crippen molar-refractivity contribution < 1.29 is 9.66 Å². The molecule has 2 atom stereocenters. The molecule has 0 aliphatic heterocycles. The fraction of sp³-hybridized carbons (Fsp3) is 0.600. The molecule has 2 rings (SSSR count). The fourth-order valence-electron chi connectivity index (χ4n) is 2.94. The zero-order valence-corrected chi connectivity index (χ0v) is 12.1. The number of benzene rings is 1. The molecule has 5 nitrogen and oxygen atoms in total. The molecular formula is C15H22N2O3. The Morgan fingerprint density at radius 2 is 2.25 bits per heavy atom. The number of ether oxygens (including phenoxy) is 1. The molecule has 0 radical (unpaired) electrons. The molecule has 0 aromatic heterocycles. The van der Waals surface area contributed by atoms with E-state index in [2.05, 4.69) is 12.2 Å². The van der Waals surface area contributed by atoms with Crippen LogP contribution in [0.2, 0.25) is 0 Å². The molecule has 1 aliphatic carbocycles. The number of nitrogens with zero attached hydrogens (tertiary/aromatic N) is 1. The first-order valence-corrected chi connectivity index (χ1v) is 7.16. The third-order valence-corrected chi connectivity index (χ3v) is 4.03. The Hall–Kier alpha value is -1.78. The third-order valence-electron chi connectivity index (χ3n) is 4.03. The van der Waals surface area contributed by atoms with Gasteiger partial charge in [-0.25, -0.2) is 0 Å². The summed E-state index contributed by atoms with van der Waals surface area (Å²) in [6, 6.07) is 4.94. The fourth-order valence-corrected chi connectivity index (χ4v) is 2.94. The maximum Gasteiger partial charge on any atom is 0.296 e. The van der Waals surface area contributed by atoms with Crippen LogP contribution < -0.4 is 10.1 Å². The summed E-state index contributed by atoms with van der Waals surface area (Å²) in [6.07, 6.45) is 4.98. The van der Waals surface area contributed by atoms with Gasteiger partial charge in [-0.1, -0.05) is 19.8 Å². The van der Waals surface area contributed by atoms with Gasteiger partial charge in [0.15, 0.2) is 0 Å². The highest BCUT2D eigenvalue weighted by molar-refractivity contribution is 5.63. The van der Waals surface area contributed by atoms with Crippen LogP contribution >= 0.6 is 0 Å². The number of anilines is 1. The number of nitro groups is 1. The quantitative estimate of drug-likeness (QED) is 0.656. The molecule has 0 amide bonds. The van der Waals surface area contributed by atoms with E-state index in [0.717, 1.165) is 12.5 Å². The highest BCUT2D eigenvalue weighted by Crippen LogP contribution is 2.32. The Morgan fingerprint density at radius 1 is 1.45 bits per heavy atom. The molecule has 5 heteroatoms. The third kappa shape index (κ3) is 3.62. The molecule has 1 fully saturated rings. The van der Waals surface area contributed by atoms with Crippen molar-refractivity contribution in [2.24, 2.45) is 11.8 Å². The van der Waals surface area contributed by atoms with Gasteiger partial charge in [0, 0.05) is 6.54 Å². The number of methoxy groups -OCH3 is 1. The van der Waals surface area contributed by atoms with Crippen molar-refractivity contribution in [1.29, 1.82) is 0 Å². The molecule has 1 saturated carbocycles.